The van der Waals surface area contributed by atoms with Gasteiger partial charge in [-0.25, -0.2) is 0 Å². The van der Waals surface area contributed by atoms with Crippen LogP contribution >= 0.6 is 11.6 Å². The highest BCUT2D eigenvalue weighted by atomic mass is 35.5. The Morgan fingerprint density at radius 2 is 1.85 bits per heavy atom. The highest BCUT2D eigenvalue weighted by molar-refractivity contribution is 6.46. The van der Waals surface area contributed by atoms with Gasteiger partial charge in [-0.1, -0.05) is 23.7 Å². The average molecular weight is 461 g/mol. The van der Waals surface area contributed by atoms with Gasteiger partial charge >= 0.3 is 0 Å². The minimum Gasteiger partial charge on any atom is -0.507 e. The largest absolute Gasteiger partial charge is 0.507 e. The molecule has 3 aromatic rings. The number of nitrogens with zero attached hydrogens (tertiary/aromatic N) is 2. The van der Waals surface area contributed by atoms with E-state index in [-0.39, 0.29) is 24.0 Å². The number of aromatic nitrogens is 1. The summed E-state index contributed by atoms with van der Waals surface area (Å²) in [5.74, 6) is -0.808. The molecule has 6 nitrogen and oxygen atoms in total. The zero-order chi connectivity index (χ0) is 23.1. The predicted octanol–water partition coefficient (Wildman–Crippen LogP) is 4.68. The highest BCUT2D eigenvalue weighted by Crippen LogP contribution is 2.41. The molecule has 0 spiro atoms. The van der Waals surface area contributed by atoms with Crippen molar-refractivity contribution in [3.63, 3.8) is 0 Å². The van der Waals surface area contributed by atoms with Crippen molar-refractivity contribution >= 4 is 29.1 Å². The van der Waals surface area contributed by atoms with Gasteiger partial charge in [0.1, 0.15) is 17.6 Å². The maximum absolute atomic E-state index is 13.2. The van der Waals surface area contributed by atoms with Gasteiger partial charge in [-0.15, -0.1) is 0 Å². The number of hydrogen-bond donors (Lipinski definition) is 1. The number of carbonyl (C=O) groups excluding carboxylic acids is 2. The topological polar surface area (TPSA) is 79.7 Å². The molecule has 1 aromatic heterocycles. The van der Waals surface area contributed by atoms with E-state index < -0.39 is 17.7 Å². The van der Waals surface area contributed by atoms with E-state index in [1.807, 2.05) is 13.0 Å². The van der Waals surface area contributed by atoms with Crippen molar-refractivity contribution in [3.8, 4) is 5.75 Å². The van der Waals surface area contributed by atoms with E-state index >= 15 is 0 Å². The van der Waals surface area contributed by atoms with Crippen LogP contribution in [0.3, 0.4) is 0 Å². The molecule has 2 aliphatic rings. The molecule has 33 heavy (non-hydrogen) atoms. The van der Waals surface area contributed by atoms with Crippen molar-refractivity contribution in [2.45, 2.75) is 32.0 Å². The van der Waals surface area contributed by atoms with Gasteiger partial charge in [0.2, 0.25) is 0 Å². The van der Waals surface area contributed by atoms with Crippen molar-refractivity contribution in [2.24, 2.45) is 0 Å². The minimum atomic E-state index is -0.751. The molecule has 3 heterocycles. The van der Waals surface area contributed by atoms with Crippen LogP contribution in [0.4, 0.5) is 0 Å². The van der Waals surface area contributed by atoms with Gasteiger partial charge in [0, 0.05) is 35.9 Å². The Morgan fingerprint density at radius 1 is 1.12 bits per heavy atom. The van der Waals surface area contributed by atoms with Crippen LogP contribution in [0.5, 0.6) is 5.75 Å². The zero-order valence-corrected chi connectivity index (χ0v) is 18.6. The smallest absolute Gasteiger partial charge is 0.295 e. The Balaban J connectivity index is 1.62. The Hall–Kier alpha value is -3.64. The monoisotopic (exact) mass is 460 g/mol. The molecular weight excluding hydrogens is 440 g/mol. The number of carbonyl (C=O) groups is 2. The quantitative estimate of drug-likeness (QED) is 0.347. The maximum atomic E-state index is 13.2. The second kappa shape index (κ2) is 8.37. The van der Waals surface area contributed by atoms with E-state index in [1.165, 1.54) is 4.90 Å². The predicted molar refractivity (Wildman–Crippen MR) is 124 cm³/mol. The summed E-state index contributed by atoms with van der Waals surface area (Å²) in [6.07, 6.45) is 4.04. The fraction of sp³-hybridized carbons (Fsp3) is 0.192. The fourth-order valence-corrected chi connectivity index (χ4v) is 4.57. The number of fused-ring (bicyclic) bond motifs is 1. The number of aliphatic hydroxyl groups is 1. The first-order valence-corrected chi connectivity index (χ1v) is 11.0. The van der Waals surface area contributed by atoms with Gasteiger partial charge in [-0.05, 0) is 66.1 Å². The molecular formula is C26H21ClN2O4. The van der Waals surface area contributed by atoms with E-state index in [4.69, 9.17) is 16.3 Å². The standard InChI is InChI=1S/C26H21ClN2O4/c1-15-12-19-13-18(4-7-21(19)33-15)24(30)22-23(17-2-5-20(27)6-3-17)29(26(32)25(22)31)14-16-8-10-28-11-9-16/h2-11,13,15,23,30H,12,14H2,1H3/b24-22+. The third kappa shape index (κ3) is 3.87. The third-order valence-electron chi connectivity index (χ3n) is 6.00. The molecule has 5 rings (SSSR count). The molecule has 0 aliphatic carbocycles. The molecule has 1 amide bonds. The number of benzene rings is 2. The summed E-state index contributed by atoms with van der Waals surface area (Å²) in [6.45, 7) is 2.18. The fourth-order valence-electron chi connectivity index (χ4n) is 4.44. The molecule has 1 saturated heterocycles. The van der Waals surface area contributed by atoms with Gasteiger partial charge in [-0.2, -0.15) is 0 Å². The number of aliphatic hydroxyl groups excluding tert-OH is 1. The Morgan fingerprint density at radius 3 is 2.58 bits per heavy atom. The lowest BCUT2D eigenvalue weighted by Crippen LogP contribution is -2.29. The molecule has 2 aliphatic heterocycles. The van der Waals surface area contributed by atoms with E-state index in [2.05, 4.69) is 4.98 Å². The molecule has 0 saturated carbocycles. The first-order chi connectivity index (χ1) is 15.9. The van der Waals surface area contributed by atoms with E-state index in [1.54, 1.807) is 60.9 Å². The number of ether oxygens (including phenoxy) is 1. The van der Waals surface area contributed by atoms with Crippen molar-refractivity contribution in [1.29, 1.82) is 0 Å². The van der Waals surface area contributed by atoms with Crippen LogP contribution in [0.25, 0.3) is 5.76 Å². The van der Waals surface area contributed by atoms with Crippen molar-refractivity contribution < 1.29 is 19.4 Å². The number of Topliss-reactive ketones (excluding diaryl/α,β-unsaturated/α-hetero) is 1. The summed E-state index contributed by atoms with van der Waals surface area (Å²) in [4.78, 5) is 31.8. The highest BCUT2D eigenvalue weighted by Gasteiger charge is 2.46. The number of amides is 1. The number of likely N-dealkylation sites (tertiary alicyclic amines) is 1. The molecule has 2 aromatic carbocycles. The number of hydrogen-bond acceptors (Lipinski definition) is 5. The number of pyridine rings is 1. The van der Waals surface area contributed by atoms with Crippen LogP contribution in [0, 0.1) is 0 Å². The normalized spacial score (nSPS) is 21.2. The van der Waals surface area contributed by atoms with Crippen molar-refractivity contribution in [3.05, 3.63) is 99.8 Å². The van der Waals surface area contributed by atoms with Crippen molar-refractivity contribution in [2.75, 3.05) is 0 Å². The molecule has 1 N–H and O–H groups in total. The summed E-state index contributed by atoms with van der Waals surface area (Å²) in [5, 5.41) is 11.8. The zero-order valence-electron chi connectivity index (χ0n) is 17.9. The molecule has 1 fully saturated rings. The Labute approximate surface area is 196 Å². The molecule has 2 atom stereocenters. The summed E-state index contributed by atoms with van der Waals surface area (Å²) in [6, 6.07) is 15.1. The van der Waals surface area contributed by atoms with E-state index in [9.17, 15) is 14.7 Å². The number of rotatable bonds is 4. The summed E-state index contributed by atoms with van der Waals surface area (Å²) < 4.78 is 5.75. The Bertz CT molecular complexity index is 1270. The summed E-state index contributed by atoms with van der Waals surface area (Å²) in [5.41, 5.74) is 3.01. The summed E-state index contributed by atoms with van der Waals surface area (Å²) in [7, 11) is 0. The average Bonchev–Trinajstić information content (AvgIpc) is 3.31. The second-order valence-corrected chi connectivity index (χ2v) is 8.73. The first-order valence-electron chi connectivity index (χ1n) is 10.6. The summed E-state index contributed by atoms with van der Waals surface area (Å²) >= 11 is 6.07. The van der Waals surface area contributed by atoms with Crippen LogP contribution in [0.2, 0.25) is 5.02 Å². The van der Waals surface area contributed by atoms with Crippen LogP contribution in [0.1, 0.15) is 35.2 Å². The lowest BCUT2D eigenvalue weighted by Gasteiger charge is -2.25. The Kier molecular flexibility index (Phi) is 5.38. The minimum absolute atomic E-state index is 0.0532. The van der Waals surface area contributed by atoms with Gasteiger partial charge in [0.15, 0.2) is 0 Å². The lowest BCUT2D eigenvalue weighted by atomic mass is 9.94. The lowest BCUT2D eigenvalue weighted by molar-refractivity contribution is -0.140. The van der Waals surface area contributed by atoms with Gasteiger partial charge in [0.05, 0.1) is 11.6 Å². The molecule has 2 unspecified atom stereocenters. The molecule has 166 valence electrons. The van der Waals surface area contributed by atoms with Crippen LogP contribution < -0.4 is 4.74 Å². The van der Waals surface area contributed by atoms with E-state index in [0.717, 1.165) is 16.9 Å². The van der Waals surface area contributed by atoms with Crippen LogP contribution in [-0.4, -0.2) is 32.8 Å². The third-order valence-corrected chi connectivity index (χ3v) is 6.25. The molecule has 0 radical (unpaired) electrons. The van der Waals surface area contributed by atoms with Crippen LogP contribution in [-0.2, 0) is 22.6 Å². The maximum Gasteiger partial charge on any atom is 0.295 e. The van der Waals surface area contributed by atoms with Gasteiger partial charge in [0.25, 0.3) is 11.7 Å². The first kappa shape index (κ1) is 21.2. The second-order valence-electron chi connectivity index (χ2n) is 8.29. The van der Waals surface area contributed by atoms with E-state index in [0.29, 0.717) is 22.6 Å². The van der Waals surface area contributed by atoms with Gasteiger partial charge in [-0.3, -0.25) is 14.6 Å². The number of ketones is 1. The van der Waals surface area contributed by atoms with Gasteiger partial charge < -0.3 is 14.7 Å². The van der Waals surface area contributed by atoms with Crippen LogP contribution in [0.15, 0.2) is 72.6 Å². The number of halogens is 1. The molecule has 0 bridgehead atoms. The van der Waals surface area contributed by atoms with Crippen molar-refractivity contribution in [1.82, 2.24) is 9.88 Å². The SMILES string of the molecule is CC1Cc2cc(/C(O)=C3\C(=O)C(=O)N(Cc4ccncc4)C3c3ccc(Cl)cc3)ccc2O1. The molecule has 7 heteroatoms.